The molecule has 0 saturated carbocycles. The quantitative estimate of drug-likeness (QED) is 0.708. The Kier molecular flexibility index (Phi) is 7.12. The third-order valence-electron chi connectivity index (χ3n) is 4.10. The van der Waals surface area contributed by atoms with Gasteiger partial charge in [0, 0.05) is 19.6 Å². The van der Waals surface area contributed by atoms with E-state index < -0.39 is 11.6 Å². The smallest absolute Gasteiger partial charge is 0.258 e. The highest BCUT2D eigenvalue weighted by Crippen LogP contribution is 2.31. The van der Waals surface area contributed by atoms with Crippen molar-refractivity contribution in [3.05, 3.63) is 59.2 Å². The largest absolute Gasteiger partial charge is 0.493 e. The lowest BCUT2D eigenvalue weighted by molar-refractivity contribution is 0.0727. The molecule has 0 saturated heterocycles. The van der Waals surface area contributed by atoms with Gasteiger partial charge in [0.2, 0.25) is 0 Å². The van der Waals surface area contributed by atoms with Crippen molar-refractivity contribution in [3.63, 3.8) is 0 Å². The van der Waals surface area contributed by atoms with E-state index in [1.807, 2.05) is 19.0 Å². The third-order valence-corrected chi connectivity index (χ3v) is 4.10. The summed E-state index contributed by atoms with van der Waals surface area (Å²) >= 11 is 0. The number of hydrogen-bond acceptors (Lipinski definition) is 4. The van der Waals surface area contributed by atoms with Crippen LogP contribution in [0.5, 0.6) is 11.5 Å². The monoisotopic (exact) mass is 378 g/mol. The summed E-state index contributed by atoms with van der Waals surface area (Å²) in [6.45, 7) is 1.16. The number of methoxy groups -OCH3 is 2. The molecule has 0 aliphatic carbocycles. The first kappa shape index (κ1) is 20.6. The lowest BCUT2D eigenvalue weighted by atomic mass is 10.1. The van der Waals surface area contributed by atoms with Gasteiger partial charge in [-0.1, -0.05) is 12.1 Å². The zero-order valence-electron chi connectivity index (χ0n) is 16.0. The molecule has 5 nitrogen and oxygen atoms in total. The average Bonchev–Trinajstić information content (AvgIpc) is 2.66. The highest BCUT2D eigenvalue weighted by atomic mass is 19.2. The number of para-hydroxylation sites is 1. The second kappa shape index (κ2) is 9.32. The molecule has 146 valence electrons. The number of nitrogens with zero attached hydrogens (tertiary/aromatic N) is 2. The molecule has 2 rings (SSSR count). The first-order chi connectivity index (χ1) is 12.9. The number of amides is 1. The summed E-state index contributed by atoms with van der Waals surface area (Å²) in [6, 6.07) is 8.69. The molecule has 0 fully saturated rings. The van der Waals surface area contributed by atoms with Crippen molar-refractivity contribution in [3.8, 4) is 11.5 Å². The summed E-state index contributed by atoms with van der Waals surface area (Å²) in [5.41, 5.74) is 0.848. The molecule has 0 spiro atoms. The van der Waals surface area contributed by atoms with Gasteiger partial charge in [-0.3, -0.25) is 4.79 Å². The second-order valence-electron chi connectivity index (χ2n) is 6.32. The highest BCUT2D eigenvalue weighted by molar-refractivity contribution is 5.97. The van der Waals surface area contributed by atoms with Gasteiger partial charge in [-0.15, -0.1) is 0 Å². The van der Waals surface area contributed by atoms with E-state index >= 15 is 0 Å². The molecule has 1 amide bonds. The van der Waals surface area contributed by atoms with Crippen LogP contribution in [-0.2, 0) is 6.54 Å². The normalized spacial score (nSPS) is 10.8. The Bertz CT molecular complexity index is 797. The lowest BCUT2D eigenvalue weighted by Crippen LogP contribution is -2.36. The Balaban J connectivity index is 2.35. The maximum Gasteiger partial charge on any atom is 0.258 e. The highest BCUT2D eigenvalue weighted by Gasteiger charge is 2.22. The van der Waals surface area contributed by atoms with E-state index in [2.05, 4.69) is 0 Å². The molecule has 0 radical (unpaired) electrons. The van der Waals surface area contributed by atoms with Crippen molar-refractivity contribution in [2.24, 2.45) is 0 Å². The zero-order valence-corrected chi connectivity index (χ0v) is 16.0. The van der Waals surface area contributed by atoms with E-state index in [4.69, 9.17) is 9.47 Å². The minimum Gasteiger partial charge on any atom is -0.493 e. The Morgan fingerprint density at radius 3 is 2.33 bits per heavy atom. The van der Waals surface area contributed by atoms with E-state index in [9.17, 15) is 13.6 Å². The Morgan fingerprint density at radius 2 is 1.74 bits per heavy atom. The van der Waals surface area contributed by atoms with Crippen LogP contribution in [0.1, 0.15) is 15.9 Å². The molecular weight excluding hydrogens is 354 g/mol. The van der Waals surface area contributed by atoms with Crippen LogP contribution in [0.4, 0.5) is 8.78 Å². The predicted octanol–water partition coefficient (Wildman–Crippen LogP) is 3.19. The van der Waals surface area contributed by atoms with Gasteiger partial charge < -0.3 is 19.3 Å². The zero-order chi connectivity index (χ0) is 20.0. The number of halogens is 2. The topological polar surface area (TPSA) is 42.0 Å². The van der Waals surface area contributed by atoms with Gasteiger partial charge in [-0.05, 0) is 43.9 Å². The maximum atomic E-state index is 13.6. The fourth-order valence-corrected chi connectivity index (χ4v) is 2.66. The number of ether oxygens (including phenoxy) is 2. The van der Waals surface area contributed by atoms with E-state index in [1.54, 1.807) is 23.1 Å². The minimum absolute atomic E-state index is 0.143. The summed E-state index contributed by atoms with van der Waals surface area (Å²) in [4.78, 5) is 16.7. The van der Waals surface area contributed by atoms with Gasteiger partial charge in [-0.25, -0.2) is 8.78 Å². The van der Waals surface area contributed by atoms with Crippen LogP contribution >= 0.6 is 0 Å². The Morgan fingerprint density at radius 1 is 1.00 bits per heavy atom. The number of hydrogen-bond donors (Lipinski definition) is 0. The third kappa shape index (κ3) is 5.17. The molecule has 0 aliphatic heterocycles. The lowest BCUT2D eigenvalue weighted by Gasteiger charge is -2.25. The van der Waals surface area contributed by atoms with E-state index in [-0.39, 0.29) is 12.5 Å². The SMILES string of the molecule is COc1cccc(C(=O)N(CCN(C)C)Cc2ccc(F)c(F)c2)c1OC. The van der Waals surface area contributed by atoms with Crippen molar-refractivity contribution in [2.75, 3.05) is 41.4 Å². The van der Waals surface area contributed by atoms with Gasteiger partial charge in [-0.2, -0.15) is 0 Å². The number of carbonyl (C=O) groups excluding carboxylic acids is 1. The number of likely N-dealkylation sites (N-methyl/N-ethyl adjacent to an activating group) is 1. The molecule has 0 aromatic heterocycles. The fraction of sp³-hybridized carbons (Fsp3) is 0.350. The second-order valence-corrected chi connectivity index (χ2v) is 6.32. The van der Waals surface area contributed by atoms with E-state index in [0.717, 1.165) is 12.1 Å². The molecular formula is C20H24F2N2O3. The van der Waals surface area contributed by atoms with E-state index in [1.165, 1.54) is 20.3 Å². The molecule has 0 heterocycles. The van der Waals surface area contributed by atoms with Crippen molar-refractivity contribution >= 4 is 5.91 Å². The molecule has 0 atom stereocenters. The van der Waals surface area contributed by atoms with Crippen LogP contribution in [0, 0.1) is 11.6 Å². The molecule has 27 heavy (non-hydrogen) atoms. The van der Waals surface area contributed by atoms with Crippen LogP contribution in [-0.4, -0.2) is 57.1 Å². The number of carbonyl (C=O) groups is 1. The summed E-state index contributed by atoms with van der Waals surface area (Å²) < 4.78 is 37.4. The molecule has 2 aromatic carbocycles. The van der Waals surface area contributed by atoms with Gasteiger partial charge in [0.05, 0.1) is 19.8 Å². The molecule has 7 heteroatoms. The molecule has 0 unspecified atom stereocenters. The van der Waals surface area contributed by atoms with Gasteiger partial charge >= 0.3 is 0 Å². The van der Waals surface area contributed by atoms with Crippen LogP contribution < -0.4 is 9.47 Å². The van der Waals surface area contributed by atoms with Crippen LogP contribution in [0.15, 0.2) is 36.4 Å². The number of rotatable bonds is 8. The van der Waals surface area contributed by atoms with Crippen LogP contribution in [0.2, 0.25) is 0 Å². The Hall–Kier alpha value is -2.67. The summed E-state index contributed by atoms with van der Waals surface area (Å²) in [7, 11) is 6.75. The molecule has 0 N–H and O–H groups in total. The minimum atomic E-state index is -0.938. The van der Waals surface area contributed by atoms with Crippen LogP contribution in [0.25, 0.3) is 0 Å². The van der Waals surface area contributed by atoms with Crippen molar-refractivity contribution in [1.82, 2.24) is 9.80 Å². The van der Waals surface area contributed by atoms with Gasteiger partial charge in [0.25, 0.3) is 5.91 Å². The molecule has 0 aliphatic rings. The van der Waals surface area contributed by atoms with Crippen LogP contribution in [0.3, 0.4) is 0 Å². The summed E-state index contributed by atoms with van der Waals surface area (Å²) in [5, 5.41) is 0. The van der Waals surface area contributed by atoms with Crippen molar-refractivity contribution < 1.29 is 23.0 Å². The van der Waals surface area contributed by atoms with Gasteiger partial charge in [0.15, 0.2) is 23.1 Å². The first-order valence-corrected chi connectivity index (χ1v) is 8.46. The maximum absolute atomic E-state index is 13.6. The average molecular weight is 378 g/mol. The van der Waals surface area contributed by atoms with E-state index in [0.29, 0.717) is 35.7 Å². The molecule has 0 bridgehead atoms. The predicted molar refractivity (Wildman–Crippen MR) is 99.2 cm³/mol. The summed E-state index contributed by atoms with van der Waals surface area (Å²) in [5.74, 6) is -1.35. The first-order valence-electron chi connectivity index (χ1n) is 8.46. The standard InChI is InChI=1S/C20H24F2N2O3/c1-23(2)10-11-24(13-14-8-9-16(21)17(22)12-14)20(25)15-6-5-7-18(26-3)19(15)27-4/h5-9,12H,10-11,13H2,1-4H3. The van der Waals surface area contributed by atoms with Crippen molar-refractivity contribution in [2.45, 2.75) is 6.54 Å². The Labute approximate surface area is 158 Å². The number of benzene rings is 2. The summed E-state index contributed by atoms with van der Waals surface area (Å²) in [6.07, 6.45) is 0. The van der Waals surface area contributed by atoms with Gasteiger partial charge in [0.1, 0.15) is 0 Å². The molecule has 2 aromatic rings. The van der Waals surface area contributed by atoms with Crippen molar-refractivity contribution in [1.29, 1.82) is 0 Å². The fourth-order valence-electron chi connectivity index (χ4n) is 2.66.